The van der Waals surface area contributed by atoms with Crippen LogP contribution in [0.25, 0.3) is 0 Å². The van der Waals surface area contributed by atoms with Gasteiger partial charge < -0.3 is 11.1 Å². The molecule has 2 aliphatic rings. The third-order valence-corrected chi connectivity index (χ3v) is 5.59. The van der Waals surface area contributed by atoms with Crippen molar-refractivity contribution in [2.45, 2.75) is 44.7 Å². The van der Waals surface area contributed by atoms with E-state index in [1.54, 1.807) is 0 Å². The van der Waals surface area contributed by atoms with Crippen LogP contribution in [0.2, 0.25) is 0 Å². The number of hydrogen-bond donors (Lipinski definition) is 2. The SMILES string of the molecule is Cl.Cl.NC[C@H]1CCC[C@H]1C(=O)NC1CCCN(Cc2c(F)cccc2F)C1. The normalized spacial score (nSPS) is 25.4. The van der Waals surface area contributed by atoms with Gasteiger partial charge in [0.15, 0.2) is 0 Å². The smallest absolute Gasteiger partial charge is 0.223 e. The van der Waals surface area contributed by atoms with Gasteiger partial charge in [0.05, 0.1) is 0 Å². The minimum atomic E-state index is -0.511. The van der Waals surface area contributed by atoms with E-state index in [9.17, 15) is 13.6 Å². The summed E-state index contributed by atoms with van der Waals surface area (Å²) >= 11 is 0. The van der Waals surface area contributed by atoms with E-state index in [2.05, 4.69) is 5.32 Å². The van der Waals surface area contributed by atoms with Gasteiger partial charge in [-0.2, -0.15) is 0 Å². The van der Waals surface area contributed by atoms with E-state index in [1.807, 2.05) is 4.90 Å². The Labute approximate surface area is 172 Å². The molecule has 3 atom stereocenters. The molecule has 1 heterocycles. The molecule has 3 rings (SSSR count). The van der Waals surface area contributed by atoms with Gasteiger partial charge in [-0.05, 0) is 56.8 Å². The number of rotatable bonds is 5. The molecule has 27 heavy (non-hydrogen) atoms. The summed E-state index contributed by atoms with van der Waals surface area (Å²) < 4.78 is 27.7. The van der Waals surface area contributed by atoms with Gasteiger partial charge in [0.1, 0.15) is 11.6 Å². The van der Waals surface area contributed by atoms with Crippen molar-refractivity contribution in [3.63, 3.8) is 0 Å². The number of piperidine rings is 1. The van der Waals surface area contributed by atoms with Crippen LogP contribution in [-0.4, -0.2) is 36.5 Å². The Hall–Kier alpha value is -0.950. The number of nitrogens with zero attached hydrogens (tertiary/aromatic N) is 1. The third-order valence-electron chi connectivity index (χ3n) is 5.59. The largest absolute Gasteiger partial charge is 0.352 e. The molecule has 0 spiro atoms. The van der Waals surface area contributed by atoms with E-state index >= 15 is 0 Å². The Balaban J connectivity index is 0.00000182. The van der Waals surface area contributed by atoms with Crippen LogP contribution in [-0.2, 0) is 11.3 Å². The highest BCUT2D eigenvalue weighted by atomic mass is 35.5. The summed E-state index contributed by atoms with van der Waals surface area (Å²) in [4.78, 5) is 14.6. The van der Waals surface area contributed by atoms with Crippen LogP contribution in [0, 0.1) is 23.5 Å². The molecule has 1 aliphatic carbocycles. The Morgan fingerprint density at radius 1 is 1.15 bits per heavy atom. The lowest BCUT2D eigenvalue weighted by Gasteiger charge is -2.34. The molecule has 154 valence electrons. The molecule has 1 unspecified atom stereocenters. The van der Waals surface area contributed by atoms with Gasteiger partial charge in [-0.1, -0.05) is 12.5 Å². The highest BCUT2D eigenvalue weighted by Crippen LogP contribution is 2.31. The fraction of sp³-hybridized carbons (Fsp3) is 0.632. The number of carbonyl (C=O) groups excluding carboxylic acids is 1. The second-order valence-electron chi connectivity index (χ2n) is 7.32. The van der Waals surface area contributed by atoms with E-state index in [-0.39, 0.29) is 60.7 Å². The minimum absolute atomic E-state index is 0. The molecule has 1 aliphatic heterocycles. The van der Waals surface area contributed by atoms with Gasteiger partial charge >= 0.3 is 0 Å². The van der Waals surface area contributed by atoms with Gasteiger partial charge in [0.2, 0.25) is 5.91 Å². The third kappa shape index (κ3) is 6.01. The van der Waals surface area contributed by atoms with Crippen LogP contribution in [0.15, 0.2) is 18.2 Å². The van der Waals surface area contributed by atoms with Crippen molar-refractivity contribution in [3.8, 4) is 0 Å². The predicted octanol–water partition coefficient (Wildman–Crippen LogP) is 3.26. The fourth-order valence-corrected chi connectivity index (χ4v) is 4.20. The maximum atomic E-state index is 13.9. The predicted molar refractivity (Wildman–Crippen MR) is 107 cm³/mol. The summed E-state index contributed by atoms with van der Waals surface area (Å²) in [7, 11) is 0. The lowest BCUT2D eigenvalue weighted by atomic mass is 9.94. The lowest BCUT2D eigenvalue weighted by molar-refractivity contribution is -0.127. The van der Waals surface area contributed by atoms with Crippen LogP contribution in [0.3, 0.4) is 0 Å². The van der Waals surface area contributed by atoms with Crippen molar-refractivity contribution in [3.05, 3.63) is 35.4 Å². The lowest BCUT2D eigenvalue weighted by Crippen LogP contribution is -2.49. The zero-order valence-corrected chi connectivity index (χ0v) is 17.0. The molecule has 0 radical (unpaired) electrons. The van der Waals surface area contributed by atoms with Gasteiger partial charge in [0, 0.05) is 30.6 Å². The van der Waals surface area contributed by atoms with Crippen LogP contribution in [0.4, 0.5) is 8.78 Å². The number of amides is 1. The summed E-state index contributed by atoms with van der Waals surface area (Å²) in [6.07, 6.45) is 4.81. The summed E-state index contributed by atoms with van der Waals surface area (Å²) in [5.74, 6) is -0.626. The zero-order chi connectivity index (χ0) is 17.8. The average molecular weight is 424 g/mol. The monoisotopic (exact) mass is 423 g/mol. The van der Waals surface area contributed by atoms with E-state index in [1.165, 1.54) is 18.2 Å². The Morgan fingerprint density at radius 2 is 1.85 bits per heavy atom. The first-order valence-electron chi connectivity index (χ1n) is 9.24. The zero-order valence-electron chi connectivity index (χ0n) is 15.3. The molecule has 4 nitrogen and oxygen atoms in total. The van der Waals surface area contributed by atoms with Crippen molar-refractivity contribution in [2.24, 2.45) is 17.6 Å². The van der Waals surface area contributed by atoms with Crippen molar-refractivity contribution < 1.29 is 13.6 Å². The molecule has 2 fully saturated rings. The number of carbonyl (C=O) groups is 1. The van der Waals surface area contributed by atoms with Crippen LogP contribution in [0.1, 0.15) is 37.7 Å². The molecule has 1 aromatic rings. The van der Waals surface area contributed by atoms with Crippen LogP contribution >= 0.6 is 24.8 Å². The van der Waals surface area contributed by atoms with Gasteiger partial charge in [-0.3, -0.25) is 9.69 Å². The summed E-state index contributed by atoms with van der Waals surface area (Å²) in [5, 5.41) is 3.15. The Bertz CT molecular complexity index is 600. The molecule has 1 amide bonds. The van der Waals surface area contributed by atoms with E-state index in [0.29, 0.717) is 13.1 Å². The van der Waals surface area contributed by atoms with Gasteiger partial charge in [0.25, 0.3) is 0 Å². The highest BCUT2D eigenvalue weighted by Gasteiger charge is 2.33. The van der Waals surface area contributed by atoms with E-state index < -0.39 is 11.6 Å². The Kier molecular flexibility index (Phi) is 9.95. The Morgan fingerprint density at radius 3 is 2.52 bits per heavy atom. The van der Waals surface area contributed by atoms with Crippen molar-refractivity contribution in [1.29, 1.82) is 0 Å². The highest BCUT2D eigenvalue weighted by molar-refractivity contribution is 5.85. The number of benzene rings is 1. The molecular weight excluding hydrogens is 395 g/mol. The van der Waals surface area contributed by atoms with Gasteiger partial charge in [-0.25, -0.2) is 8.78 Å². The number of likely N-dealkylation sites (tertiary alicyclic amines) is 1. The molecule has 1 aromatic carbocycles. The second kappa shape index (κ2) is 11.1. The summed E-state index contributed by atoms with van der Waals surface area (Å²) in [6.45, 7) is 2.20. The van der Waals surface area contributed by atoms with Crippen molar-refractivity contribution in [1.82, 2.24) is 10.2 Å². The molecular formula is C19H29Cl2F2N3O. The minimum Gasteiger partial charge on any atom is -0.352 e. The number of halogens is 4. The maximum Gasteiger partial charge on any atom is 0.223 e. The molecule has 1 saturated heterocycles. The average Bonchev–Trinajstić information content (AvgIpc) is 3.07. The molecule has 0 bridgehead atoms. The van der Waals surface area contributed by atoms with E-state index in [4.69, 9.17) is 5.73 Å². The van der Waals surface area contributed by atoms with Crippen molar-refractivity contribution >= 4 is 30.7 Å². The first kappa shape index (κ1) is 24.1. The number of nitrogens with one attached hydrogen (secondary N) is 1. The topological polar surface area (TPSA) is 58.4 Å². The molecule has 3 N–H and O–H groups in total. The molecule has 1 saturated carbocycles. The van der Waals surface area contributed by atoms with Crippen LogP contribution < -0.4 is 11.1 Å². The maximum absolute atomic E-state index is 13.9. The van der Waals surface area contributed by atoms with E-state index in [0.717, 1.165) is 38.6 Å². The second-order valence-corrected chi connectivity index (χ2v) is 7.32. The van der Waals surface area contributed by atoms with Crippen LogP contribution in [0.5, 0.6) is 0 Å². The van der Waals surface area contributed by atoms with Gasteiger partial charge in [-0.15, -0.1) is 24.8 Å². The standard InChI is InChI=1S/C19H27F2N3O.2ClH/c20-17-7-2-8-18(21)16(17)12-24-9-3-5-14(11-24)23-19(25)15-6-1-4-13(15)10-22;;/h2,7-8,13-15H,1,3-6,9-12,22H2,(H,23,25);2*1H/t13-,14?,15-;;/m1../s1. The number of nitrogens with two attached hydrogens (primary N) is 1. The first-order chi connectivity index (χ1) is 12.1. The summed E-state index contributed by atoms with van der Waals surface area (Å²) in [6, 6.07) is 3.99. The molecule has 0 aromatic heterocycles. The molecule has 8 heteroatoms. The first-order valence-corrected chi connectivity index (χ1v) is 9.24. The summed E-state index contributed by atoms with van der Waals surface area (Å²) in [5.41, 5.74) is 5.88. The quantitative estimate of drug-likeness (QED) is 0.763. The fourth-order valence-electron chi connectivity index (χ4n) is 4.20. The number of hydrogen-bond acceptors (Lipinski definition) is 3. The van der Waals surface area contributed by atoms with Crippen molar-refractivity contribution in [2.75, 3.05) is 19.6 Å².